The smallest absolute Gasteiger partial charge is 0.261 e. The normalized spacial score (nSPS) is 10.4. The highest BCUT2D eigenvalue weighted by molar-refractivity contribution is 7.14. The van der Waals surface area contributed by atoms with Crippen LogP contribution in [0.4, 0.5) is 0 Å². The van der Waals surface area contributed by atoms with Crippen molar-refractivity contribution in [1.29, 1.82) is 0 Å². The lowest BCUT2D eigenvalue weighted by molar-refractivity contribution is 0.0952. The minimum absolute atomic E-state index is 0.0702. The van der Waals surface area contributed by atoms with Crippen molar-refractivity contribution in [1.82, 2.24) is 10.2 Å². The summed E-state index contributed by atoms with van der Waals surface area (Å²) in [6.07, 6.45) is 0. The fraction of sp³-hybridized carbons (Fsp3) is 0.500. The van der Waals surface area contributed by atoms with Gasteiger partial charge in [0.1, 0.15) is 6.61 Å². The number of likely N-dealkylation sites (N-methyl/N-ethyl adjacent to an activating group) is 1. The molecule has 5 heteroatoms. The van der Waals surface area contributed by atoms with Crippen LogP contribution < -0.4 is 5.32 Å². The maximum Gasteiger partial charge on any atom is 0.261 e. The van der Waals surface area contributed by atoms with Crippen LogP contribution in [-0.4, -0.2) is 48.7 Å². The van der Waals surface area contributed by atoms with Crippen molar-refractivity contribution in [3.05, 3.63) is 21.9 Å². The first-order valence-corrected chi connectivity index (χ1v) is 7.04. The third-order valence-corrected chi connectivity index (χ3v) is 3.75. The Balaban J connectivity index is 2.43. The highest BCUT2D eigenvalue weighted by atomic mass is 32.1. The van der Waals surface area contributed by atoms with E-state index in [0.717, 1.165) is 11.4 Å². The summed E-state index contributed by atoms with van der Waals surface area (Å²) in [6, 6.07) is 4.02. The van der Waals surface area contributed by atoms with Gasteiger partial charge in [0.25, 0.3) is 5.91 Å². The molecule has 4 nitrogen and oxygen atoms in total. The summed E-state index contributed by atoms with van der Waals surface area (Å²) in [7, 11) is 2.03. The van der Waals surface area contributed by atoms with Crippen LogP contribution in [0.3, 0.4) is 0 Å². The highest BCUT2D eigenvalue weighted by Crippen LogP contribution is 2.14. The number of nitrogens with zero attached hydrogens (tertiary/aromatic N) is 1. The molecule has 1 aromatic rings. The number of thiophene rings is 1. The summed E-state index contributed by atoms with van der Waals surface area (Å²) in [6.45, 7) is 5.52. The molecule has 19 heavy (non-hydrogen) atoms. The quantitative estimate of drug-likeness (QED) is 0.796. The summed E-state index contributed by atoms with van der Waals surface area (Å²) in [5.41, 5.74) is 0. The maximum atomic E-state index is 11.9. The van der Waals surface area contributed by atoms with Gasteiger partial charge in [0.05, 0.1) is 9.75 Å². The van der Waals surface area contributed by atoms with Crippen LogP contribution in [0, 0.1) is 11.8 Å². The van der Waals surface area contributed by atoms with E-state index in [1.807, 2.05) is 7.05 Å². The van der Waals surface area contributed by atoms with Gasteiger partial charge in [-0.25, -0.2) is 0 Å². The molecule has 2 N–H and O–H groups in total. The van der Waals surface area contributed by atoms with Crippen molar-refractivity contribution in [3.8, 4) is 11.8 Å². The summed E-state index contributed by atoms with van der Waals surface area (Å²) in [4.78, 5) is 15.5. The number of carbonyl (C=O) groups excluding carboxylic acids is 1. The second-order valence-corrected chi connectivity index (χ2v) is 5.54. The lowest BCUT2D eigenvalue weighted by Gasteiger charge is -2.20. The molecule has 0 aromatic carbocycles. The third kappa shape index (κ3) is 5.43. The Hall–Kier alpha value is -1.35. The van der Waals surface area contributed by atoms with Crippen molar-refractivity contribution in [2.45, 2.75) is 19.9 Å². The number of aliphatic hydroxyl groups is 1. The minimum Gasteiger partial charge on any atom is -0.384 e. The zero-order valence-electron chi connectivity index (χ0n) is 11.6. The molecule has 0 saturated carbocycles. The molecule has 1 aromatic heterocycles. The Morgan fingerprint density at radius 1 is 1.53 bits per heavy atom. The van der Waals surface area contributed by atoms with E-state index in [1.54, 1.807) is 12.1 Å². The zero-order chi connectivity index (χ0) is 14.3. The van der Waals surface area contributed by atoms with Gasteiger partial charge in [0, 0.05) is 19.1 Å². The molecule has 0 fully saturated rings. The minimum atomic E-state index is -0.166. The van der Waals surface area contributed by atoms with Crippen LogP contribution in [0.5, 0.6) is 0 Å². The lowest BCUT2D eigenvalue weighted by Crippen LogP contribution is -2.35. The van der Waals surface area contributed by atoms with Crippen LogP contribution in [0.15, 0.2) is 12.1 Å². The molecule has 0 aliphatic rings. The van der Waals surface area contributed by atoms with E-state index in [0.29, 0.717) is 17.5 Å². The first-order chi connectivity index (χ1) is 9.04. The summed E-state index contributed by atoms with van der Waals surface area (Å²) in [5, 5.41) is 11.5. The second kappa shape index (κ2) is 7.95. The van der Waals surface area contributed by atoms with Gasteiger partial charge < -0.3 is 15.3 Å². The van der Waals surface area contributed by atoms with Gasteiger partial charge >= 0.3 is 0 Å². The molecule has 1 amide bonds. The number of rotatable bonds is 5. The number of hydrogen-bond donors (Lipinski definition) is 2. The molecule has 0 aliphatic heterocycles. The van der Waals surface area contributed by atoms with Gasteiger partial charge in [0.2, 0.25) is 0 Å². The number of carbonyl (C=O) groups is 1. The fourth-order valence-electron chi connectivity index (χ4n) is 1.34. The van der Waals surface area contributed by atoms with Crippen molar-refractivity contribution < 1.29 is 9.90 Å². The molecule has 1 rings (SSSR count). The third-order valence-electron chi connectivity index (χ3n) is 2.75. The summed E-state index contributed by atoms with van der Waals surface area (Å²) in [5.74, 6) is 5.28. The van der Waals surface area contributed by atoms with Gasteiger partial charge in [-0.15, -0.1) is 11.3 Å². The number of amides is 1. The Labute approximate surface area is 118 Å². The van der Waals surface area contributed by atoms with E-state index in [9.17, 15) is 4.79 Å². The van der Waals surface area contributed by atoms with Gasteiger partial charge in [-0.3, -0.25) is 4.79 Å². The van der Waals surface area contributed by atoms with Crippen LogP contribution in [0.1, 0.15) is 28.4 Å². The number of hydrogen-bond acceptors (Lipinski definition) is 4. The molecule has 0 atom stereocenters. The predicted octanol–water partition coefficient (Wildman–Crippen LogP) is 1.16. The summed E-state index contributed by atoms with van der Waals surface area (Å²) < 4.78 is 0. The lowest BCUT2D eigenvalue weighted by atomic mass is 10.3. The Kier molecular flexibility index (Phi) is 6.57. The molecule has 0 bridgehead atoms. The number of aliphatic hydroxyl groups excluding tert-OH is 1. The molecule has 0 spiro atoms. The van der Waals surface area contributed by atoms with Crippen LogP contribution in [0.2, 0.25) is 0 Å². The average Bonchev–Trinajstić information content (AvgIpc) is 2.84. The highest BCUT2D eigenvalue weighted by Gasteiger charge is 2.09. The van der Waals surface area contributed by atoms with Crippen LogP contribution in [-0.2, 0) is 0 Å². The largest absolute Gasteiger partial charge is 0.384 e. The Morgan fingerprint density at radius 2 is 2.26 bits per heavy atom. The molecule has 104 valence electrons. The van der Waals surface area contributed by atoms with Gasteiger partial charge in [-0.05, 0) is 33.0 Å². The predicted molar refractivity (Wildman–Crippen MR) is 78.4 cm³/mol. The van der Waals surface area contributed by atoms with Gasteiger partial charge in [-0.1, -0.05) is 11.8 Å². The van der Waals surface area contributed by atoms with E-state index in [-0.39, 0.29) is 12.5 Å². The van der Waals surface area contributed by atoms with E-state index < -0.39 is 0 Å². The van der Waals surface area contributed by atoms with E-state index in [2.05, 4.69) is 35.9 Å². The molecule has 0 saturated heterocycles. The average molecular weight is 280 g/mol. The first-order valence-electron chi connectivity index (χ1n) is 6.22. The van der Waals surface area contributed by atoms with Crippen LogP contribution >= 0.6 is 11.3 Å². The Morgan fingerprint density at radius 3 is 2.89 bits per heavy atom. The summed E-state index contributed by atoms with van der Waals surface area (Å²) >= 11 is 1.34. The molecule has 0 unspecified atom stereocenters. The maximum absolute atomic E-state index is 11.9. The monoisotopic (exact) mass is 280 g/mol. The molecule has 0 aliphatic carbocycles. The Bertz CT molecular complexity index is 471. The first kappa shape index (κ1) is 15.7. The molecule has 0 radical (unpaired) electrons. The van der Waals surface area contributed by atoms with Gasteiger partial charge in [-0.2, -0.15) is 0 Å². The van der Waals surface area contributed by atoms with Crippen molar-refractivity contribution in [2.75, 3.05) is 26.7 Å². The van der Waals surface area contributed by atoms with Crippen LogP contribution in [0.25, 0.3) is 0 Å². The molecular formula is C14H20N2O2S. The van der Waals surface area contributed by atoms with Gasteiger partial charge in [0.15, 0.2) is 0 Å². The zero-order valence-corrected chi connectivity index (χ0v) is 12.4. The van der Waals surface area contributed by atoms with E-state index >= 15 is 0 Å². The second-order valence-electron chi connectivity index (χ2n) is 4.45. The number of nitrogens with one attached hydrogen (secondary N) is 1. The topological polar surface area (TPSA) is 52.6 Å². The standard InChI is InChI=1S/C14H20N2O2S/c1-11(2)16(3)9-8-15-14(18)13-7-6-12(19-13)5-4-10-17/h6-7,11,17H,8-10H2,1-3H3,(H,15,18). The van der Waals surface area contributed by atoms with Crippen molar-refractivity contribution >= 4 is 17.2 Å². The van der Waals surface area contributed by atoms with E-state index in [1.165, 1.54) is 11.3 Å². The molecular weight excluding hydrogens is 260 g/mol. The fourth-order valence-corrected chi connectivity index (χ4v) is 2.14. The van der Waals surface area contributed by atoms with Crippen molar-refractivity contribution in [2.24, 2.45) is 0 Å². The van der Waals surface area contributed by atoms with E-state index in [4.69, 9.17) is 5.11 Å². The SMILES string of the molecule is CC(C)N(C)CCNC(=O)c1ccc(C#CCO)s1. The van der Waals surface area contributed by atoms with Crippen molar-refractivity contribution in [3.63, 3.8) is 0 Å². The molecule has 1 heterocycles.